The van der Waals surface area contributed by atoms with Gasteiger partial charge < -0.3 is 4.57 Å². The first-order chi connectivity index (χ1) is 8.31. The largest absolute Gasteiger partial charge is 0.338 e. The second-order valence-electron chi connectivity index (χ2n) is 3.99. The summed E-state index contributed by atoms with van der Waals surface area (Å²) < 4.78 is 2.03. The highest BCUT2D eigenvalue weighted by molar-refractivity contribution is 5.15. The Kier molecular flexibility index (Phi) is 3.85. The van der Waals surface area contributed by atoms with Crippen LogP contribution in [0.3, 0.4) is 0 Å². The third kappa shape index (κ3) is 2.89. The standard InChI is InChI=1S/C12H17N5/c1-17-9-8-15-12(17)3-2-11(16-13)10-4-6-14-7-5-10/h4-9,11,16H,2-3,13H2,1H3. The number of pyridine rings is 1. The summed E-state index contributed by atoms with van der Waals surface area (Å²) in [6.45, 7) is 0. The zero-order valence-corrected chi connectivity index (χ0v) is 9.87. The lowest BCUT2D eigenvalue weighted by Crippen LogP contribution is -2.28. The number of aryl methyl sites for hydroxylation is 2. The van der Waals surface area contributed by atoms with Crippen molar-refractivity contribution in [2.24, 2.45) is 12.9 Å². The fourth-order valence-electron chi connectivity index (χ4n) is 1.85. The molecular formula is C12H17N5. The zero-order chi connectivity index (χ0) is 12.1. The number of nitrogens with one attached hydrogen (secondary N) is 1. The summed E-state index contributed by atoms with van der Waals surface area (Å²) >= 11 is 0. The van der Waals surface area contributed by atoms with Crippen LogP contribution in [0.15, 0.2) is 36.9 Å². The normalized spacial score (nSPS) is 12.6. The van der Waals surface area contributed by atoms with Crippen LogP contribution in [0.1, 0.15) is 23.9 Å². The highest BCUT2D eigenvalue weighted by Gasteiger charge is 2.10. The zero-order valence-electron chi connectivity index (χ0n) is 9.87. The molecule has 2 heterocycles. The van der Waals surface area contributed by atoms with Crippen LogP contribution in [0.5, 0.6) is 0 Å². The lowest BCUT2D eigenvalue weighted by atomic mass is 10.0. The fraction of sp³-hybridized carbons (Fsp3) is 0.333. The molecule has 2 aromatic heterocycles. The summed E-state index contributed by atoms with van der Waals surface area (Å²) in [4.78, 5) is 8.30. The van der Waals surface area contributed by atoms with Crippen molar-refractivity contribution in [3.8, 4) is 0 Å². The minimum Gasteiger partial charge on any atom is -0.338 e. The highest BCUT2D eigenvalue weighted by atomic mass is 15.2. The summed E-state index contributed by atoms with van der Waals surface area (Å²) in [6.07, 6.45) is 9.12. The molecular weight excluding hydrogens is 214 g/mol. The maximum Gasteiger partial charge on any atom is 0.108 e. The van der Waals surface area contributed by atoms with Crippen LogP contribution < -0.4 is 11.3 Å². The maximum atomic E-state index is 5.58. The van der Waals surface area contributed by atoms with Crippen molar-refractivity contribution in [3.63, 3.8) is 0 Å². The van der Waals surface area contributed by atoms with E-state index in [0.717, 1.165) is 24.2 Å². The number of hydrogen-bond donors (Lipinski definition) is 2. The Morgan fingerprint density at radius 3 is 2.71 bits per heavy atom. The van der Waals surface area contributed by atoms with Gasteiger partial charge in [0, 0.05) is 44.3 Å². The molecule has 5 heteroatoms. The van der Waals surface area contributed by atoms with Gasteiger partial charge in [-0.1, -0.05) is 0 Å². The SMILES string of the molecule is Cn1ccnc1CCC(NN)c1ccncc1. The number of hydrogen-bond acceptors (Lipinski definition) is 4. The van der Waals surface area contributed by atoms with Crippen molar-refractivity contribution in [1.29, 1.82) is 0 Å². The van der Waals surface area contributed by atoms with E-state index in [1.165, 1.54) is 0 Å². The van der Waals surface area contributed by atoms with Crippen molar-refractivity contribution in [2.75, 3.05) is 0 Å². The Labute approximate surface area is 101 Å². The van der Waals surface area contributed by atoms with Crippen LogP contribution in [-0.2, 0) is 13.5 Å². The summed E-state index contributed by atoms with van der Waals surface area (Å²) in [5.74, 6) is 6.65. The molecule has 0 amide bonds. The van der Waals surface area contributed by atoms with E-state index in [9.17, 15) is 0 Å². The summed E-state index contributed by atoms with van der Waals surface area (Å²) in [5, 5.41) is 0. The minimum atomic E-state index is 0.134. The van der Waals surface area contributed by atoms with E-state index in [1.807, 2.05) is 36.1 Å². The molecule has 0 fully saturated rings. The Morgan fingerprint density at radius 2 is 2.12 bits per heavy atom. The van der Waals surface area contributed by atoms with Gasteiger partial charge in [0.05, 0.1) is 0 Å². The molecule has 1 atom stereocenters. The maximum absolute atomic E-state index is 5.58. The molecule has 0 aromatic carbocycles. The summed E-state index contributed by atoms with van der Waals surface area (Å²) in [6, 6.07) is 4.08. The van der Waals surface area contributed by atoms with Crippen molar-refractivity contribution < 1.29 is 0 Å². The first kappa shape index (κ1) is 11.8. The molecule has 0 aliphatic rings. The van der Waals surface area contributed by atoms with Gasteiger partial charge >= 0.3 is 0 Å². The van der Waals surface area contributed by atoms with Crippen molar-refractivity contribution in [1.82, 2.24) is 20.0 Å². The average molecular weight is 231 g/mol. The van der Waals surface area contributed by atoms with E-state index in [4.69, 9.17) is 5.84 Å². The van der Waals surface area contributed by atoms with Crippen LogP contribution in [0.25, 0.3) is 0 Å². The Balaban J connectivity index is 1.99. The van der Waals surface area contributed by atoms with E-state index in [0.29, 0.717) is 0 Å². The first-order valence-electron chi connectivity index (χ1n) is 5.63. The Morgan fingerprint density at radius 1 is 1.35 bits per heavy atom. The quantitative estimate of drug-likeness (QED) is 0.594. The second kappa shape index (κ2) is 5.56. The van der Waals surface area contributed by atoms with Gasteiger partial charge in [-0.2, -0.15) is 0 Å². The molecule has 0 aliphatic heterocycles. The van der Waals surface area contributed by atoms with Gasteiger partial charge in [0.15, 0.2) is 0 Å². The van der Waals surface area contributed by atoms with Crippen molar-refractivity contribution >= 4 is 0 Å². The molecule has 2 rings (SSSR count). The van der Waals surface area contributed by atoms with Crippen LogP contribution in [0.4, 0.5) is 0 Å². The van der Waals surface area contributed by atoms with Crippen LogP contribution in [0.2, 0.25) is 0 Å². The number of nitrogens with two attached hydrogens (primary N) is 1. The topological polar surface area (TPSA) is 68.8 Å². The van der Waals surface area contributed by atoms with Crippen molar-refractivity contribution in [3.05, 3.63) is 48.3 Å². The molecule has 1 unspecified atom stereocenters. The Bertz CT molecular complexity index is 451. The van der Waals surface area contributed by atoms with Gasteiger partial charge in [0.1, 0.15) is 5.82 Å². The molecule has 3 N–H and O–H groups in total. The monoisotopic (exact) mass is 231 g/mol. The number of nitrogens with zero attached hydrogens (tertiary/aromatic N) is 3. The first-order valence-corrected chi connectivity index (χ1v) is 5.63. The van der Waals surface area contributed by atoms with E-state index in [2.05, 4.69) is 15.4 Å². The number of rotatable bonds is 5. The summed E-state index contributed by atoms with van der Waals surface area (Å²) in [5.41, 5.74) is 3.99. The van der Waals surface area contributed by atoms with E-state index >= 15 is 0 Å². The van der Waals surface area contributed by atoms with Crippen molar-refractivity contribution in [2.45, 2.75) is 18.9 Å². The fourth-order valence-corrected chi connectivity index (χ4v) is 1.85. The molecule has 0 saturated carbocycles. The highest BCUT2D eigenvalue weighted by Crippen LogP contribution is 2.16. The lowest BCUT2D eigenvalue weighted by molar-refractivity contribution is 0.506. The van der Waals surface area contributed by atoms with Gasteiger partial charge in [-0.25, -0.2) is 4.98 Å². The third-order valence-corrected chi connectivity index (χ3v) is 2.89. The molecule has 0 radical (unpaired) electrons. The molecule has 0 spiro atoms. The molecule has 0 saturated heterocycles. The van der Waals surface area contributed by atoms with E-state index in [1.54, 1.807) is 12.4 Å². The number of imidazole rings is 1. The molecule has 0 bridgehead atoms. The van der Waals surface area contributed by atoms with E-state index < -0.39 is 0 Å². The minimum absolute atomic E-state index is 0.134. The molecule has 90 valence electrons. The Hall–Kier alpha value is -1.72. The van der Waals surface area contributed by atoms with Gasteiger partial charge in [-0.15, -0.1) is 0 Å². The predicted octanol–water partition coefficient (Wildman–Crippen LogP) is 0.952. The predicted molar refractivity (Wildman–Crippen MR) is 65.8 cm³/mol. The molecule has 17 heavy (non-hydrogen) atoms. The third-order valence-electron chi connectivity index (χ3n) is 2.89. The molecule has 2 aromatic rings. The van der Waals surface area contributed by atoms with Crippen LogP contribution >= 0.6 is 0 Å². The van der Waals surface area contributed by atoms with Crippen LogP contribution in [-0.4, -0.2) is 14.5 Å². The van der Waals surface area contributed by atoms with Gasteiger partial charge in [0.25, 0.3) is 0 Å². The number of hydrazine groups is 1. The lowest BCUT2D eigenvalue weighted by Gasteiger charge is -2.15. The molecule has 0 aliphatic carbocycles. The smallest absolute Gasteiger partial charge is 0.108 e. The van der Waals surface area contributed by atoms with Gasteiger partial charge in [-0.3, -0.25) is 16.3 Å². The number of aromatic nitrogens is 3. The van der Waals surface area contributed by atoms with E-state index in [-0.39, 0.29) is 6.04 Å². The molecule has 5 nitrogen and oxygen atoms in total. The average Bonchev–Trinajstić information content (AvgIpc) is 2.77. The van der Waals surface area contributed by atoms with Gasteiger partial charge in [0.2, 0.25) is 0 Å². The summed E-state index contributed by atoms with van der Waals surface area (Å²) in [7, 11) is 2.00. The van der Waals surface area contributed by atoms with Crippen LogP contribution in [0, 0.1) is 0 Å². The second-order valence-corrected chi connectivity index (χ2v) is 3.99. The van der Waals surface area contributed by atoms with Gasteiger partial charge in [-0.05, 0) is 24.1 Å².